The zero-order chi connectivity index (χ0) is 14.6. The highest BCUT2D eigenvalue weighted by molar-refractivity contribution is 7.98. The third-order valence-electron chi connectivity index (χ3n) is 2.50. The van der Waals surface area contributed by atoms with Gasteiger partial charge in [-0.1, -0.05) is 6.07 Å². The van der Waals surface area contributed by atoms with Crippen molar-refractivity contribution in [3.05, 3.63) is 42.6 Å². The number of nitrogens with zero attached hydrogens (tertiary/aromatic N) is 1. The number of aromatic nitrogens is 1. The molecule has 1 aromatic carbocycles. The van der Waals surface area contributed by atoms with Crippen molar-refractivity contribution in [2.24, 2.45) is 5.84 Å². The van der Waals surface area contributed by atoms with E-state index in [0.717, 1.165) is 4.90 Å². The number of nitrogen functional groups attached to an aromatic ring is 1. The monoisotopic (exact) mass is 310 g/mol. The second-order valence-electron chi connectivity index (χ2n) is 3.84. The molecule has 0 aliphatic carbocycles. The van der Waals surface area contributed by atoms with Crippen molar-refractivity contribution in [2.75, 3.05) is 16.4 Å². The first-order chi connectivity index (χ1) is 9.56. The summed E-state index contributed by atoms with van der Waals surface area (Å²) in [7, 11) is -3.79. The molecule has 0 radical (unpaired) electrons. The van der Waals surface area contributed by atoms with Gasteiger partial charge in [-0.25, -0.2) is 4.98 Å². The maximum atomic E-state index is 12.3. The zero-order valence-corrected chi connectivity index (χ0v) is 12.3. The SMILES string of the molecule is CSc1cccc(NS(=O)(=O)c2ncccc2NN)c1. The molecule has 0 fully saturated rings. The van der Waals surface area contributed by atoms with Crippen LogP contribution in [0.3, 0.4) is 0 Å². The van der Waals surface area contributed by atoms with Gasteiger partial charge in [0.2, 0.25) is 5.03 Å². The molecule has 0 amide bonds. The Morgan fingerprint density at radius 1 is 1.25 bits per heavy atom. The van der Waals surface area contributed by atoms with Gasteiger partial charge in [-0.3, -0.25) is 10.6 Å². The van der Waals surface area contributed by atoms with Gasteiger partial charge in [0.25, 0.3) is 10.0 Å². The van der Waals surface area contributed by atoms with Gasteiger partial charge in [0.1, 0.15) is 0 Å². The van der Waals surface area contributed by atoms with Crippen LogP contribution in [0.1, 0.15) is 0 Å². The first-order valence-electron chi connectivity index (χ1n) is 5.65. The van der Waals surface area contributed by atoms with Crippen LogP contribution in [0.25, 0.3) is 0 Å². The molecule has 6 nitrogen and oxygen atoms in total. The lowest BCUT2D eigenvalue weighted by molar-refractivity contribution is 0.598. The lowest BCUT2D eigenvalue weighted by atomic mass is 10.3. The summed E-state index contributed by atoms with van der Waals surface area (Å²) in [6, 6.07) is 10.2. The fraction of sp³-hybridized carbons (Fsp3) is 0.0833. The number of hydrogen-bond donors (Lipinski definition) is 3. The van der Waals surface area contributed by atoms with Crippen molar-refractivity contribution < 1.29 is 8.42 Å². The second kappa shape index (κ2) is 6.12. The molecule has 4 N–H and O–H groups in total. The maximum absolute atomic E-state index is 12.3. The molecule has 0 bridgehead atoms. The second-order valence-corrected chi connectivity index (χ2v) is 6.32. The van der Waals surface area contributed by atoms with E-state index < -0.39 is 10.0 Å². The van der Waals surface area contributed by atoms with E-state index in [1.165, 1.54) is 18.0 Å². The Bertz CT molecular complexity index is 704. The van der Waals surface area contributed by atoms with E-state index in [-0.39, 0.29) is 10.7 Å². The van der Waals surface area contributed by atoms with Gasteiger partial charge >= 0.3 is 0 Å². The highest BCUT2D eigenvalue weighted by atomic mass is 32.2. The van der Waals surface area contributed by atoms with Crippen LogP contribution in [-0.4, -0.2) is 19.7 Å². The minimum atomic E-state index is -3.79. The van der Waals surface area contributed by atoms with Gasteiger partial charge in [-0.2, -0.15) is 8.42 Å². The number of rotatable bonds is 5. The zero-order valence-electron chi connectivity index (χ0n) is 10.7. The summed E-state index contributed by atoms with van der Waals surface area (Å²) >= 11 is 1.53. The van der Waals surface area contributed by atoms with Crippen molar-refractivity contribution in [1.29, 1.82) is 0 Å². The number of hydrazine groups is 1. The van der Waals surface area contributed by atoms with Gasteiger partial charge in [0.15, 0.2) is 0 Å². The molecular weight excluding hydrogens is 296 g/mol. The van der Waals surface area contributed by atoms with E-state index in [1.54, 1.807) is 30.3 Å². The quantitative estimate of drug-likeness (QED) is 0.443. The van der Waals surface area contributed by atoms with Crippen LogP contribution in [0.4, 0.5) is 11.4 Å². The Morgan fingerprint density at radius 2 is 2.05 bits per heavy atom. The number of sulfonamides is 1. The summed E-state index contributed by atoms with van der Waals surface area (Å²) in [6.07, 6.45) is 3.32. The van der Waals surface area contributed by atoms with Crippen LogP contribution in [0.15, 0.2) is 52.5 Å². The molecule has 1 aromatic heterocycles. The summed E-state index contributed by atoms with van der Waals surface area (Å²) in [4.78, 5) is 4.82. The van der Waals surface area contributed by atoms with Crippen molar-refractivity contribution in [3.63, 3.8) is 0 Å². The Kier molecular flexibility index (Phi) is 4.48. The van der Waals surface area contributed by atoms with E-state index in [0.29, 0.717) is 5.69 Å². The van der Waals surface area contributed by atoms with Crippen LogP contribution in [-0.2, 0) is 10.0 Å². The minimum absolute atomic E-state index is 0.142. The molecule has 2 aromatic rings. The molecule has 0 atom stereocenters. The lowest BCUT2D eigenvalue weighted by Gasteiger charge is -2.11. The third kappa shape index (κ3) is 3.21. The summed E-state index contributed by atoms with van der Waals surface area (Å²) in [6.45, 7) is 0. The third-order valence-corrected chi connectivity index (χ3v) is 4.57. The summed E-state index contributed by atoms with van der Waals surface area (Å²) in [5.74, 6) is 5.30. The number of thioether (sulfide) groups is 1. The van der Waals surface area contributed by atoms with E-state index >= 15 is 0 Å². The number of nitrogens with one attached hydrogen (secondary N) is 2. The normalized spacial score (nSPS) is 11.1. The van der Waals surface area contributed by atoms with Crippen LogP contribution < -0.4 is 16.0 Å². The van der Waals surface area contributed by atoms with Crippen molar-refractivity contribution in [1.82, 2.24) is 4.98 Å². The number of hydrogen-bond acceptors (Lipinski definition) is 6. The molecule has 8 heteroatoms. The van der Waals surface area contributed by atoms with Crippen LogP contribution >= 0.6 is 11.8 Å². The van der Waals surface area contributed by atoms with Crippen molar-refractivity contribution in [3.8, 4) is 0 Å². The Morgan fingerprint density at radius 3 is 2.75 bits per heavy atom. The van der Waals surface area contributed by atoms with E-state index in [1.807, 2.05) is 12.3 Å². The van der Waals surface area contributed by atoms with E-state index in [2.05, 4.69) is 15.1 Å². The topological polar surface area (TPSA) is 97.1 Å². The standard InChI is InChI=1S/C12H14N4O2S2/c1-19-10-5-2-4-9(8-10)16-20(17,18)12-11(15-13)6-3-7-14-12/h2-8,15-16H,13H2,1H3. The molecule has 0 aliphatic heterocycles. The van der Waals surface area contributed by atoms with Crippen molar-refractivity contribution in [2.45, 2.75) is 9.92 Å². The highest BCUT2D eigenvalue weighted by Gasteiger charge is 2.19. The first kappa shape index (κ1) is 14.6. The molecule has 0 aliphatic rings. The number of benzene rings is 1. The molecule has 1 heterocycles. The van der Waals surface area contributed by atoms with E-state index in [9.17, 15) is 8.42 Å². The maximum Gasteiger partial charge on any atom is 0.281 e. The van der Waals surface area contributed by atoms with Gasteiger partial charge < -0.3 is 5.43 Å². The summed E-state index contributed by atoms with van der Waals surface area (Å²) in [5, 5.41) is -0.142. The average molecular weight is 310 g/mol. The van der Waals surface area contributed by atoms with Gasteiger partial charge in [-0.05, 0) is 36.6 Å². The Balaban J connectivity index is 2.35. The molecule has 20 heavy (non-hydrogen) atoms. The lowest BCUT2D eigenvalue weighted by Crippen LogP contribution is -2.18. The van der Waals surface area contributed by atoms with Crippen LogP contribution in [0.2, 0.25) is 0 Å². The number of nitrogens with two attached hydrogens (primary N) is 1. The van der Waals surface area contributed by atoms with E-state index in [4.69, 9.17) is 5.84 Å². The van der Waals surface area contributed by atoms with Crippen LogP contribution in [0, 0.1) is 0 Å². The minimum Gasteiger partial charge on any atom is -0.321 e. The number of pyridine rings is 1. The largest absolute Gasteiger partial charge is 0.321 e. The van der Waals surface area contributed by atoms with Crippen molar-refractivity contribution >= 4 is 33.2 Å². The average Bonchev–Trinajstić information content (AvgIpc) is 2.47. The Hall–Kier alpha value is -1.77. The van der Waals surface area contributed by atoms with Crippen LogP contribution in [0.5, 0.6) is 0 Å². The first-order valence-corrected chi connectivity index (χ1v) is 8.36. The molecule has 0 unspecified atom stereocenters. The molecule has 0 saturated carbocycles. The fourth-order valence-electron chi connectivity index (χ4n) is 1.60. The molecular formula is C12H14N4O2S2. The predicted molar refractivity (Wildman–Crippen MR) is 81.1 cm³/mol. The molecule has 2 rings (SSSR count). The molecule has 106 valence electrons. The molecule has 0 spiro atoms. The number of anilines is 2. The smallest absolute Gasteiger partial charge is 0.281 e. The highest BCUT2D eigenvalue weighted by Crippen LogP contribution is 2.23. The summed E-state index contributed by atoms with van der Waals surface area (Å²) in [5.41, 5.74) is 3.04. The van der Waals surface area contributed by atoms with Gasteiger partial charge in [0, 0.05) is 16.8 Å². The Labute approximate surface area is 121 Å². The van der Waals surface area contributed by atoms with Gasteiger partial charge in [0.05, 0.1) is 5.69 Å². The van der Waals surface area contributed by atoms with Gasteiger partial charge in [-0.15, -0.1) is 11.8 Å². The fourth-order valence-corrected chi connectivity index (χ4v) is 3.21. The molecule has 0 saturated heterocycles. The predicted octanol–water partition coefficient (Wildman–Crippen LogP) is 1.89. The summed E-state index contributed by atoms with van der Waals surface area (Å²) < 4.78 is 27.1.